The topological polar surface area (TPSA) is 84.1 Å². The molecule has 1 fully saturated rings. The van der Waals surface area contributed by atoms with Crippen molar-refractivity contribution in [2.75, 3.05) is 25.9 Å². The second-order valence-corrected chi connectivity index (χ2v) is 6.14. The molecule has 1 aromatic heterocycles. The van der Waals surface area contributed by atoms with Crippen molar-refractivity contribution >= 4 is 11.9 Å². The Morgan fingerprint density at radius 3 is 2.92 bits per heavy atom. The van der Waals surface area contributed by atoms with Crippen LogP contribution < -0.4 is 11.1 Å². The number of halogens is 1. The summed E-state index contributed by atoms with van der Waals surface area (Å²) in [5.41, 5.74) is 7.42. The number of carbonyl (C=O) groups excluding carboxylic acids is 1. The molecular formula is C18H22FN5O. The summed E-state index contributed by atoms with van der Waals surface area (Å²) in [6.45, 7) is 0.915. The second-order valence-electron chi connectivity index (χ2n) is 6.14. The van der Waals surface area contributed by atoms with Crippen LogP contribution in [-0.2, 0) is 4.79 Å². The number of nitrogen functional groups attached to an aromatic ring is 1. The molecule has 25 heavy (non-hydrogen) atoms. The van der Waals surface area contributed by atoms with E-state index in [0.29, 0.717) is 23.4 Å². The number of rotatable bonds is 4. The van der Waals surface area contributed by atoms with Gasteiger partial charge in [-0.2, -0.15) is 0 Å². The van der Waals surface area contributed by atoms with Crippen molar-refractivity contribution in [3.63, 3.8) is 0 Å². The highest BCUT2D eigenvalue weighted by Crippen LogP contribution is 2.36. The minimum atomic E-state index is -0.346. The van der Waals surface area contributed by atoms with Crippen molar-refractivity contribution in [1.29, 1.82) is 0 Å². The third-order valence-corrected chi connectivity index (χ3v) is 4.47. The van der Waals surface area contributed by atoms with Gasteiger partial charge in [-0.3, -0.25) is 4.79 Å². The summed E-state index contributed by atoms with van der Waals surface area (Å²) in [5.74, 6) is -0.216. The molecule has 1 saturated heterocycles. The van der Waals surface area contributed by atoms with E-state index in [1.54, 1.807) is 31.4 Å². The van der Waals surface area contributed by atoms with E-state index in [2.05, 4.69) is 15.3 Å². The number of hydrogen-bond donors (Lipinski definition) is 2. The number of benzene rings is 1. The van der Waals surface area contributed by atoms with Crippen LogP contribution in [0, 0.1) is 5.82 Å². The number of nitrogens with two attached hydrogens (primary N) is 1. The summed E-state index contributed by atoms with van der Waals surface area (Å²) in [5, 5.41) is 2.89. The fourth-order valence-corrected chi connectivity index (χ4v) is 3.32. The lowest BCUT2D eigenvalue weighted by atomic mass is 9.93. The first-order valence-corrected chi connectivity index (χ1v) is 8.43. The Bertz CT molecular complexity index is 767. The van der Waals surface area contributed by atoms with E-state index in [-0.39, 0.29) is 30.3 Å². The first-order valence-electron chi connectivity index (χ1n) is 8.43. The maximum Gasteiger partial charge on any atom is 0.237 e. The molecule has 1 aliphatic rings. The Labute approximate surface area is 146 Å². The van der Waals surface area contributed by atoms with Crippen LogP contribution in [0.3, 0.4) is 0 Å². The first-order chi connectivity index (χ1) is 12.1. The highest BCUT2D eigenvalue weighted by atomic mass is 19.1. The van der Waals surface area contributed by atoms with Gasteiger partial charge in [0.05, 0.1) is 18.3 Å². The number of carbonyl (C=O) groups is 1. The van der Waals surface area contributed by atoms with E-state index in [1.807, 2.05) is 4.90 Å². The predicted molar refractivity (Wildman–Crippen MR) is 94.1 cm³/mol. The summed E-state index contributed by atoms with van der Waals surface area (Å²) in [6, 6.07) is 6.27. The fraction of sp³-hybridized carbons (Fsp3) is 0.389. The van der Waals surface area contributed by atoms with E-state index in [0.717, 1.165) is 19.3 Å². The van der Waals surface area contributed by atoms with Crippen LogP contribution >= 0.6 is 0 Å². The number of amides is 1. The lowest BCUT2D eigenvalue weighted by Crippen LogP contribution is -2.43. The molecule has 3 rings (SSSR count). The molecular weight excluding hydrogens is 321 g/mol. The molecule has 1 unspecified atom stereocenters. The molecule has 0 bridgehead atoms. The molecule has 2 aromatic rings. The number of anilines is 1. The SMILES string of the molecule is CNCC(=O)N1CCCCC1c1nc(N)ncc1-c1ccccc1F. The highest BCUT2D eigenvalue weighted by Gasteiger charge is 2.31. The van der Waals surface area contributed by atoms with E-state index in [4.69, 9.17) is 5.73 Å². The molecule has 3 N–H and O–H groups in total. The Balaban J connectivity index is 2.07. The van der Waals surface area contributed by atoms with Crippen LogP contribution in [0.4, 0.5) is 10.3 Å². The van der Waals surface area contributed by atoms with Crippen molar-refractivity contribution in [2.24, 2.45) is 0 Å². The molecule has 0 saturated carbocycles. The average Bonchev–Trinajstić information content (AvgIpc) is 2.62. The second kappa shape index (κ2) is 7.57. The van der Waals surface area contributed by atoms with Crippen LogP contribution in [0.15, 0.2) is 30.5 Å². The molecule has 0 radical (unpaired) electrons. The number of nitrogens with zero attached hydrogens (tertiary/aromatic N) is 3. The summed E-state index contributed by atoms with van der Waals surface area (Å²) in [6.07, 6.45) is 4.24. The molecule has 1 amide bonds. The van der Waals surface area contributed by atoms with Crippen LogP contribution in [0.5, 0.6) is 0 Å². The first kappa shape index (κ1) is 17.3. The molecule has 2 heterocycles. The largest absolute Gasteiger partial charge is 0.368 e. The Kier molecular flexibility index (Phi) is 5.23. The molecule has 132 valence electrons. The fourth-order valence-electron chi connectivity index (χ4n) is 3.32. The number of likely N-dealkylation sites (N-methyl/N-ethyl adjacent to an activating group) is 1. The van der Waals surface area contributed by atoms with Gasteiger partial charge in [0, 0.05) is 23.9 Å². The Morgan fingerprint density at radius 1 is 1.36 bits per heavy atom. The van der Waals surface area contributed by atoms with Crippen LogP contribution in [0.2, 0.25) is 0 Å². The van der Waals surface area contributed by atoms with Crippen molar-refractivity contribution < 1.29 is 9.18 Å². The lowest BCUT2D eigenvalue weighted by Gasteiger charge is -2.36. The van der Waals surface area contributed by atoms with Gasteiger partial charge < -0.3 is 16.0 Å². The van der Waals surface area contributed by atoms with Gasteiger partial charge in [-0.05, 0) is 32.4 Å². The summed E-state index contributed by atoms with van der Waals surface area (Å²) in [7, 11) is 1.74. The average molecular weight is 343 g/mol. The van der Waals surface area contributed by atoms with Gasteiger partial charge in [-0.1, -0.05) is 18.2 Å². The highest BCUT2D eigenvalue weighted by molar-refractivity contribution is 5.79. The van der Waals surface area contributed by atoms with Gasteiger partial charge >= 0.3 is 0 Å². The Morgan fingerprint density at radius 2 is 2.16 bits per heavy atom. The van der Waals surface area contributed by atoms with Crippen molar-refractivity contribution in [1.82, 2.24) is 20.2 Å². The summed E-state index contributed by atoms with van der Waals surface area (Å²) < 4.78 is 14.3. The third-order valence-electron chi connectivity index (χ3n) is 4.47. The van der Waals surface area contributed by atoms with Crippen LogP contribution in [0.25, 0.3) is 11.1 Å². The number of hydrogen-bond acceptors (Lipinski definition) is 5. The predicted octanol–water partition coefficient (Wildman–Crippen LogP) is 2.14. The number of nitrogens with one attached hydrogen (secondary N) is 1. The van der Waals surface area contributed by atoms with Crippen molar-refractivity contribution in [3.8, 4) is 11.1 Å². The molecule has 7 heteroatoms. The lowest BCUT2D eigenvalue weighted by molar-refractivity contribution is -0.134. The molecule has 0 aliphatic carbocycles. The normalized spacial score (nSPS) is 17.5. The summed E-state index contributed by atoms with van der Waals surface area (Å²) >= 11 is 0. The van der Waals surface area contributed by atoms with Gasteiger partial charge in [-0.15, -0.1) is 0 Å². The number of piperidine rings is 1. The van der Waals surface area contributed by atoms with Gasteiger partial charge in [0.15, 0.2) is 0 Å². The smallest absolute Gasteiger partial charge is 0.237 e. The van der Waals surface area contributed by atoms with Gasteiger partial charge in [-0.25, -0.2) is 14.4 Å². The maximum absolute atomic E-state index is 14.3. The monoisotopic (exact) mass is 343 g/mol. The molecule has 1 aliphatic heterocycles. The number of likely N-dealkylation sites (tertiary alicyclic amines) is 1. The van der Waals surface area contributed by atoms with Crippen molar-refractivity contribution in [2.45, 2.75) is 25.3 Å². The number of aromatic nitrogens is 2. The van der Waals surface area contributed by atoms with Gasteiger partial charge in [0.1, 0.15) is 5.82 Å². The minimum Gasteiger partial charge on any atom is -0.368 e. The molecule has 0 spiro atoms. The molecule has 6 nitrogen and oxygen atoms in total. The minimum absolute atomic E-state index is 0.00358. The van der Waals surface area contributed by atoms with E-state index >= 15 is 0 Å². The quantitative estimate of drug-likeness (QED) is 0.888. The maximum atomic E-state index is 14.3. The standard InChI is InChI=1S/C18H22FN5O/c1-21-11-16(25)24-9-5-4-8-15(24)17-13(10-22-18(20)23-17)12-6-2-3-7-14(12)19/h2-3,6-7,10,15,21H,4-5,8-9,11H2,1H3,(H2,20,22,23). The zero-order valence-electron chi connectivity index (χ0n) is 14.2. The Hall–Kier alpha value is -2.54. The van der Waals surface area contributed by atoms with E-state index < -0.39 is 0 Å². The third kappa shape index (κ3) is 3.61. The van der Waals surface area contributed by atoms with Crippen LogP contribution in [-0.4, -0.2) is 40.9 Å². The molecule has 1 aromatic carbocycles. The van der Waals surface area contributed by atoms with Crippen molar-refractivity contribution in [3.05, 3.63) is 42.0 Å². The van der Waals surface area contributed by atoms with Crippen LogP contribution in [0.1, 0.15) is 31.0 Å². The molecule has 1 atom stereocenters. The van der Waals surface area contributed by atoms with E-state index in [1.165, 1.54) is 6.07 Å². The van der Waals surface area contributed by atoms with Gasteiger partial charge in [0.25, 0.3) is 0 Å². The zero-order valence-corrected chi connectivity index (χ0v) is 14.2. The zero-order chi connectivity index (χ0) is 17.8. The van der Waals surface area contributed by atoms with Gasteiger partial charge in [0.2, 0.25) is 11.9 Å². The van der Waals surface area contributed by atoms with E-state index in [9.17, 15) is 9.18 Å². The summed E-state index contributed by atoms with van der Waals surface area (Å²) in [4.78, 5) is 22.7.